The van der Waals surface area contributed by atoms with E-state index in [9.17, 15) is 0 Å². The third-order valence-corrected chi connectivity index (χ3v) is 3.52. The molecule has 2 rings (SSSR count). The van der Waals surface area contributed by atoms with E-state index in [0.29, 0.717) is 6.61 Å². The fraction of sp³-hybridized carbons (Fsp3) is 0.857. The maximum absolute atomic E-state index is 5.53. The van der Waals surface area contributed by atoms with Crippen LogP contribution in [0.3, 0.4) is 0 Å². The molecule has 3 unspecified atom stereocenters. The highest BCUT2D eigenvalue weighted by Crippen LogP contribution is 2.40. The SMILES string of the molecule is CC1CC1CCC#CCOC1CCCCO1. The van der Waals surface area contributed by atoms with Crippen LogP contribution >= 0.6 is 0 Å². The first-order chi connectivity index (χ1) is 7.86. The first-order valence-corrected chi connectivity index (χ1v) is 6.55. The minimum absolute atomic E-state index is 0.00602. The molecule has 3 atom stereocenters. The lowest BCUT2D eigenvalue weighted by Crippen LogP contribution is -2.22. The van der Waals surface area contributed by atoms with E-state index in [4.69, 9.17) is 9.47 Å². The van der Waals surface area contributed by atoms with E-state index >= 15 is 0 Å². The van der Waals surface area contributed by atoms with Crippen LogP contribution < -0.4 is 0 Å². The average Bonchev–Trinajstić information content (AvgIpc) is 3.01. The van der Waals surface area contributed by atoms with Crippen molar-refractivity contribution in [3.63, 3.8) is 0 Å². The van der Waals surface area contributed by atoms with Gasteiger partial charge in [0.25, 0.3) is 0 Å². The quantitative estimate of drug-likeness (QED) is 0.681. The van der Waals surface area contributed by atoms with Gasteiger partial charge in [-0.2, -0.15) is 0 Å². The molecule has 90 valence electrons. The Morgan fingerprint density at radius 1 is 1.31 bits per heavy atom. The molecule has 0 bridgehead atoms. The maximum atomic E-state index is 5.53. The molecule has 1 aliphatic heterocycles. The second-order valence-electron chi connectivity index (χ2n) is 4.97. The summed E-state index contributed by atoms with van der Waals surface area (Å²) in [6, 6.07) is 0. The predicted octanol–water partition coefficient (Wildman–Crippen LogP) is 2.97. The Bertz CT molecular complexity index is 258. The van der Waals surface area contributed by atoms with E-state index in [0.717, 1.165) is 31.3 Å². The minimum atomic E-state index is 0.00602. The van der Waals surface area contributed by atoms with Crippen molar-refractivity contribution < 1.29 is 9.47 Å². The summed E-state index contributed by atoms with van der Waals surface area (Å²) in [7, 11) is 0. The Morgan fingerprint density at radius 3 is 2.88 bits per heavy atom. The van der Waals surface area contributed by atoms with E-state index in [1.807, 2.05) is 0 Å². The molecule has 1 aliphatic carbocycles. The van der Waals surface area contributed by atoms with Crippen LogP contribution in [0.2, 0.25) is 0 Å². The summed E-state index contributed by atoms with van der Waals surface area (Å²) in [6.07, 6.45) is 7.14. The summed E-state index contributed by atoms with van der Waals surface area (Å²) in [5.74, 6) is 8.17. The summed E-state index contributed by atoms with van der Waals surface area (Å²) < 4.78 is 11.0. The molecular weight excluding hydrogens is 200 g/mol. The molecule has 0 aromatic heterocycles. The molecule has 1 saturated heterocycles. The van der Waals surface area contributed by atoms with Gasteiger partial charge in [-0.15, -0.1) is 5.92 Å². The summed E-state index contributed by atoms with van der Waals surface area (Å²) in [4.78, 5) is 0. The number of hydrogen-bond acceptors (Lipinski definition) is 2. The van der Waals surface area contributed by atoms with Gasteiger partial charge in [-0.3, -0.25) is 0 Å². The van der Waals surface area contributed by atoms with E-state index < -0.39 is 0 Å². The fourth-order valence-corrected chi connectivity index (χ4v) is 2.18. The Balaban J connectivity index is 1.48. The van der Waals surface area contributed by atoms with Crippen molar-refractivity contribution in [2.45, 2.75) is 51.7 Å². The van der Waals surface area contributed by atoms with E-state index in [2.05, 4.69) is 18.8 Å². The number of ether oxygens (including phenoxy) is 2. The van der Waals surface area contributed by atoms with Crippen LogP contribution in [-0.4, -0.2) is 19.5 Å². The van der Waals surface area contributed by atoms with Crippen molar-refractivity contribution in [1.29, 1.82) is 0 Å². The summed E-state index contributed by atoms with van der Waals surface area (Å²) in [5, 5.41) is 0. The first-order valence-electron chi connectivity index (χ1n) is 6.55. The van der Waals surface area contributed by atoms with Crippen LogP contribution in [0.4, 0.5) is 0 Å². The highest BCUT2D eigenvalue weighted by Gasteiger charge is 2.31. The topological polar surface area (TPSA) is 18.5 Å². The van der Waals surface area contributed by atoms with Gasteiger partial charge in [0, 0.05) is 13.0 Å². The van der Waals surface area contributed by atoms with E-state index in [-0.39, 0.29) is 6.29 Å². The second-order valence-corrected chi connectivity index (χ2v) is 4.97. The van der Waals surface area contributed by atoms with Crippen LogP contribution in [0, 0.1) is 23.7 Å². The van der Waals surface area contributed by atoms with Crippen LogP contribution in [0.15, 0.2) is 0 Å². The summed E-state index contributed by atoms with van der Waals surface area (Å²) in [6.45, 7) is 3.70. The monoisotopic (exact) mass is 222 g/mol. The lowest BCUT2D eigenvalue weighted by Gasteiger charge is -2.21. The smallest absolute Gasteiger partial charge is 0.158 e. The summed E-state index contributed by atoms with van der Waals surface area (Å²) >= 11 is 0. The van der Waals surface area contributed by atoms with Gasteiger partial charge in [0.2, 0.25) is 0 Å². The normalized spacial score (nSPS) is 32.9. The largest absolute Gasteiger partial charge is 0.353 e. The lowest BCUT2D eigenvalue weighted by molar-refractivity contribution is -0.154. The molecule has 0 N–H and O–H groups in total. The molecule has 0 aromatic carbocycles. The van der Waals surface area contributed by atoms with Crippen molar-refractivity contribution in [3.05, 3.63) is 0 Å². The Morgan fingerprint density at radius 2 is 2.19 bits per heavy atom. The molecule has 1 saturated carbocycles. The Kier molecular flexibility index (Phi) is 4.69. The standard InChI is InChI=1S/C14H22O2/c1-12-11-13(12)7-3-2-5-9-15-14-8-4-6-10-16-14/h12-14H,3-4,6-11H2,1H3. The first kappa shape index (κ1) is 12.0. The molecule has 2 heteroatoms. The third kappa shape index (κ3) is 4.15. The Labute approximate surface area is 98.7 Å². The second kappa shape index (κ2) is 6.27. The van der Waals surface area contributed by atoms with Gasteiger partial charge in [0.1, 0.15) is 6.61 Å². The zero-order valence-electron chi connectivity index (χ0n) is 10.2. The lowest BCUT2D eigenvalue weighted by atomic mass is 10.2. The van der Waals surface area contributed by atoms with Gasteiger partial charge < -0.3 is 9.47 Å². The molecule has 2 aliphatic rings. The molecule has 2 nitrogen and oxygen atoms in total. The number of hydrogen-bond donors (Lipinski definition) is 0. The van der Waals surface area contributed by atoms with E-state index in [1.54, 1.807) is 0 Å². The van der Waals surface area contributed by atoms with Gasteiger partial charge in [-0.1, -0.05) is 12.8 Å². The highest BCUT2D eigenvalue weighted by atomic mass is 16.7. The van der Waals surface area contributed by atoms with Crippen LogP contribution in [-0.2, 0) is 9.47 Å². The van der Waals surface area contributed by atoms with Crippen LogP contribution in [0.25, 0.3) is 0 Å². The van der Waals surface area contributed by atoms with Crippen molar-refractivity contribution in [2.75, 3.05) is 13.2 Å². The van der Waals surface area contributed by atoms with Crippen LogP contribution in [0.5, 0.6) is 0 Å². The number of rotatable bonds is 4. The van der Waals surface area contributed by atoms with Crippen molar-refractivity contribution in [1.82, 2.24) is 0 Å². The maximum Gasteiger partial charge on any atom is 0.158 e. The van der Waals surface area contributed by atoms with Gasteiger partial charge in [-0.05, 0) is 43.9 Å². The van der Waals surface area contributed by atoms with Crippen molar-refractivity contribution in [2.24, 2.45) is 11.8 Å². The zero-order chi connectivity index (χ0) is 11.2. The summed E-state index contributed by atoms with van der Waals surface area (Å²) in [5.41, 5.74) is 0. The van der Waals surface area contributed by atoms with E-state index in [1.165, 1.54) is 25.7 Å². The molecule has 1 heterocycles. The molecular formula is C14H22O2. The third-order valence-electron chi connectivity index (χ3n) is 3.52. The van der Waals surface area contributed by atoms with Crippen molar-refractivity contribution >= 4 is 0 Å². The molecule has 0 aromatic rings. The fourth-order valence-electron chi connectivity index (χ4n) is 2.18. The molecule has 16 heavy (non-hydrogen) atoms. The van der Waals surface area contributed by atoms with Crippen LogP contribution in [0.1, 0.15) is 45.4 Å². The zero-order valence-corrected chi connectivity index (χ0v) is 10.2. The van der Waals surface area contributed by atoms with Gasteiger partial charge in [0.15, 0.2) is 6.29 Å². The molecule has 2 fully saturated rings. The van der Waals surface area contributed by atoms with Gasteiger partial charge in [0.05, 0.1) is 0 Å². The average molecular weight is 222 g/mol. The van der Waals surface area contributed by atoms with Gasteiger partial charge >= 0.3 is 0 Å². The molecule has 0 amide bonds. The molecule has 0 radical (unpaired) electrons. The van der Waals surface area contributed by atoms with Gasteiger partial charge in [-0.25, -0.2) is 0 Å². The predicted molar refractivity (Wildman–Crippen MR) is 63.8 cm³/mol. The highest BCUT2D eigenvalue weighted by molar-refractivity contribution is 5.00. The van der Waals surface area contributed by atoms with Crippen molar-refractivity contribution in [3.8, 4) is 11.8 Å². The Hall–Kier alpha value is -0.520. The molecule has 0 spiro atoms. The minimum Gasteiger partial charge on any atom is -0.353 e.